The molecule has 4 amide bonds. The Labute approximate surface area is 113 Å². The molecule has 1 heterocycles. The molecule has 0 bridgehead atoms. The van der Waals surface area contributed by atoms with Gasteiger partial charge in [0.25, 0.3) is 0 Å². The lowest BCUT2D eigenvalue weighted by molar-refractivity contribution is -0.140. The molecule has 1 aliphatic rings. The van der Waals surface area contributed by atoms with E-state index < -0.39 is 18.0 Å². The van der Waals surface area contributed by atoms with Gasteiger partial charge >= 0.3 is 12.0 Å². The van der Waals surface area contributed by atoms with Crippen molar-refractivity contribution in [1.82, 2.24) is 15.5 Å². The average molecular weight is 289 g/mol. The van der Waals surface area contributed by atoms with Crippen LogP contribution in [-0.2, 0) is 14.4 Å². The second-order valence-electron chi connectivity index (χ2n) is 3.79. The van der Waals surface area contributed by atoms with Crippen LogP contribution in [0.4, 0.5) is 4.79 Å². The van der Waals surface area contributed by atoms with E-state index in [4.69, 9.17) is 5.11 Å². The molecule has 1 aliphatic heterocycles. The smallest absolute Gasteiger partial charge is 0.326 e. The number of nitrogens with zero attached hydrogens (tertiary/aromatic N) is 1. The summed E-state index contributed by atoms with van der Waals surface area (Å²) in [5, 5.41) is 13.5. The van der Waals surface area contributed by atoms with Crippen molar-refractivity contribution in [2.45, 2.75) is 12.5 Å². The third-order valence-electron chi connectivity index (χ3n) is 2.50. The highest BCUT2D eigenvalue weighted by Gasteiger charge is 2.25. The molecule has 19 heavy (non-hydrogen) atoms. The van der Waals surface area contributed by atoms with E-state index in [2.05, 4.69) is 10.6 Å². The van der Waals surface area contributed by atoms with E-state index in [0.29, 0.717) is 25.3 Å². The summed E-state index contributed by atoms with van der Waals surface area (Å²) in [5.41, 5.74) is 0. The van der Waals surface area contributed by atoms with Gasteiger partial charge in [-0.25, -0.2) is 9.59 Å². The number of nitrogens with one attached hydrogen (secondary N) is 2. The van der Waals surface area contributed by atoms with Gasteiger partial charge in [-0.2, -0.15) is 11.8 Å². The van der Waals surface area contributed by atoms with Gasteiger partial charge in [-0.15, -0.1) is 0 Å². The molecule has 106 valence electrons. The standard InChI is InChI=1S/C10H15N3O5S/c14-6-12-7(9(16)17)1-4-19-5-8(15)13-3-2-11-10(13)18/h6-7H,1-5H2,(H,11,18)(H,12,14)(H,16,17). The molecular weight excluding hydrogens is 274 g/mol. The van der Waals surface area contributed by atoms with Crippen LogP contribution in [0.2, 0.25) is 0 Å². The summed E-state index contributed by atoms with van der Waals surface area (Å²) in [6.45, 7) is 0.822. The van der Waals surface area contributed by atoms with Gasteiger partial charge in [0.05, 0.1) is 5.75 Å². The van der Waals surface area contributed by atoms with Crippen LogP contribution >= 0.6 is 11.8 Å². The maximum absolute atomic E-state index is 11.6. The van der Waals surface area contributed by atoms with Crippen LogP contribution in [-0.4, -0.2) is 65.0 Å². The molecule has 0 aromatic carbocycles. The van der Waals surface area contributed by atoms with E-state index in [1.54, 1.807) is 0 Å². The van der Waals surface area contributed by atoms with Crippen molar-refractivity contribution >= 4 is 36.1 Å². The van der Waals surface area contributed by atoms with Gasteiger partial charge in [0.2, 0.25) is 12.3 Å². The van der Waals surface area contributed by atoms with Crippen molar-refractivity contribution < 1.29 is 24.3 Å². The Kier molecular flexibility index (Phi) is 6.13. The molecule has 0 radical (unpaired) electrons. The predicted octanol–water partition coefficient (Wildman–Crippen LogP) is -1.14. The Hall–Kier alpha value is -1.77. The van der Waals surface area contributed by atoms with Crippen LogP contribution in [0.5, 0.6) is 0 Å². The molecule has 0 aromatic rings. The number of rotatable bonds is 8. The minimum absolute atomic E-state index is 0.112. The summed E-state index contributed by atoms with van der Waals surface area (Å²) in [6.07, 6.45) is 0.557. The summed E-state index contributed by atoms with van der Waals surface area (Å²) in [5.74, 6) is -0.895. The minimum atomic E-state index is -1.11. The van der Waals surface area contributed by atoms with E-state index in [1.807, 2.05) is 0 Å². The number of carboxylic acid groups (broad SMARTS) is 1. The number of thioether (sulfide) groups is 1. The lowest BCUT2D eigenvalue weighted by atomic mass is 10.2. The number of carbonyl (C=O) groups excluding carboxylic acids is 3. The Bertz CT molecular complexity index is 376. The first-order valence-electron chi connectivity index (χ1n) is 5.64. The van der Waals surface area contributed by atoms with E-state index in [9.17, 15) is 19.2 Å². The van der Waals surface area contributed by atoms with Gasteiger partial charge in [0, 0.05) is 13.1 Å². The number of amides is 4. The molecule has 1 atom stereocenters. The zero-order valence-electron chi connectivity index (χ0n) is 10.1. The predicted molar refractivity (Wildman–Crippen MR) is 67.7 cm³/mol. The first-order chi connectivity index (χ1) is 9.06. The highest BCUT2D eigenvalue weighted by Crippen LogP contribution is 2.08. The largest absolute Gasteiger partial charge is 0.480 e. The van der Waals surface area contributed by atoms with Gasteiger partial charge in [0.1, 0.15) is 6.04 Å². The number of urea groups is 1. The molecule has 0 aliphatic carbocycles. The zero-order chi connectivity index (χ0) is 14.3. The maximum Gasteiger partial charge on any atom is 0.326 e. The number of hydrogen-bond donors (Lipinski definition) is 3. The van der Waals surface area contributed by atoms with Crippen molar-refractivity contribution in [3.05, 3.63) is 0 Å². The molecule has 0 saturated carbocycles. The zero-order valence-corrected chi connectivity index (χ0v) is 10.9. The molecule has 1 rings (SSSR count). The molecule has 8 nitrogen and oxygen atoms in total. The topological polar surface area (TPSA) is 116 Å². The highest BCUT2D eigenvalue weighted by molar-refractivity contribution is 7.99. The second-order valence-corrected chi connectivity index (χ2v) is 4.90. The van der Waals surface area contributed by atoms with E-state index >= 15 is 0 Å². The minimum Gasteiger partial charge on any atom is -0.480 e. The van der Waals surface area contributed by atoms with E-state index in [-0.39, 0.29) is 18.1 Å². The number of imide groups is 1. The number of hydrogen-bond acceptors (Lipinski definition) is 5. The maximum atomic E-state index is 11.6. The second kappa shape index (κ2) is 7.62. The molecule has 1 saturated heterocycles. The normalized spacial score (nSPS) is 15.8. The van der Waals surface area contributed by atoms with E-state index in [1.165, 1.54) is 11.8 Å². The molecule has 0 spiro atoms. The lowest BCUT2D eigenvalue weighted by Crippen LogP contribution is -2.37. The fourth-order valence-electron chi connectivity index (χ4n) is 1.51. The highest BCUT2D eigenvalue weighted by atomic mass is 32.2. The van der Waals surface area contributed by atoms with Gasteiger partial charge in [0.15, 0.2) is 0 Å². The molecular formula is C10H15N3O5S. The quantitative estimate of drug-likeness (QED) is 0.384. The third-order valence-corrected chi connectivity index (χ3v) is 3.48. The lowest BCUT2D eigenvalue weighted by Gasteiger charge is -2.13. The van der Waals surface area contributed by atoms with Crippen molar-refractivity contribution in [3.63, 3.8) is 0 Å². The summed E-state index contributed by atoms with van der Waals surface area (Å²) < 4.78 is 0. The first kappa shape index (κ1) is 15.3. The molecule has 0 aromatic heterocycles. The van der Waals surface area contributed by atoms with Crippen LogP contribution < -0.4 is 10.6 Å². The number of carbonyl (C=O) groups is 4. The molecule has 3 N–H and O–H groups in total. The fourth-order valence-corrected chi connectivity index (χ4v) is 2.39. The van der Waals surface area contributed by atoms with Crippen LogP contribution in [0.3, 0.4) is 0 Å². The Balaban J connectivity index is 2.22. The van der Waals surface area contributed by atoms with Crippen molar-refractivity contribution in [1.29, 1.82) is 0 Å². The Morgan fingerprint density at radius 3 is 2.84 bits per heavy atom. The third kappa shape index (κ3) is 4.78. The van der Waals surface area contributed by atoms with Crippen LogP contribution in [0.1, 0.15) is 6.42 Å². The number of aliphatic carboxylic acids is 1. The monoisotopic (exact) mass is 289 g/mol. The van der Waals surface area contributed by atoms with Crippen LogP contribution in [0.15, 0.2) is 0 Å². The Morgan fingerprint density at radius 1 is 1.58 bits per heavy atom. The van der Waals surface area contributed by atoms with Gasteiger partial charge in [-0.1, -0.05) is 0 Å². The summed E-state index contributed by atoms with van der Waals surface area (Å²) in [6, 6.07) is -1.34. The molecule has 9 heteroatoms. The Morgan fingerprint density at radius 2 is 2.32 bits per heavy atom. The molecule has 1 fully saturated rings. The summed E-state index contributed by atoms with van der Waals surface area (Å²) >= 11 is 1.23. The number of carboxylic acids is 1. The van der Waals surface area contributed by atoms with Crippen LogP contribution in [0.25, 0.3) is 0 Å². The summed E-state index contributed by atoms with van der Waals surface area (Å²) in [4.78, 5) is 44.8. The summed E-state index contributed by atoms with van der Waals surface area (Å²) in [7, 11) is 0. The fraction of sp³-hybridized carbons (Fsp3) is 0.600. The van der Waals surface area contributed by atoms with Crippen molar-refractivity contribution in [2.75, 3.05) is 24.6 Å². The average Bonchev–Trinajstić information content (AvgIpc) is 2.79. The van der Waals surface area contributed by atoms with E-state index in [0.717, 1.165) is 4.90 Å². The molecule has 1 unspecified atom stereocenters. The van der Waals surface area contributed by atoms with Crippen molar-refractivity contribution in [2.24, 2.45) is 0 Å². The SMILES string of the molecule is O=CNC(CCSCC(=O)N1CCNC1=O)C(=O)O. The van der Waals surface area contributed by atoms with Crippen LogP contribution in [0, 0.1) is 0 Å². The van der Waals surface area contributed by atoms with Crippen molar-refractivity contribution in [3.8, 4) is 0 Å². The van der Waals surface area contributed by atoms with Gasteiger partial charge < -0.3 is 15.7 Å². The van der Waals surface area contributed by atoms with Gasteiger partial charge in [-0.3, -0.25) is 14.5 Å². The first-order valence-corrected chi connectivity index (χ1v) is 6.80. The van der Waals surface area contributed by atoms with Gasteiger partial charge in [-0.05, 0) is 12.2 Å².